The molecule has 0 amide bonds. The number of nitriles is 1. The largest absolute Gasteiger partial charge is 0.457 e. The van der Waals surface area contributed by atoms with Crippen LogP contribution >= 0.6 is 31.9 Å². The van der Waals surface area contributed by atoms with E-state index in [1.807, 2.05) is 6.07 Å². The first-order chi connectivity index (χ1) is 6.60. The highest BCUT2D eigenvalue weighted by Crippen LogP contribution is 2.19. The first-order valence-electron chi connectivity index (χ1n) is 4.16. The van der Waals surface area contributed by atoms with Crippen LogP contribution in [0, 0.1) is 11.3 Å². The minimum Gasteiger partial charge on any atom is -0.457 e. The van der Waals surface area contributed by atoms with E-state index in [1.54, 1.807) is 20.8 Å². The van der Waals surface area contributed by atoms with E-state index in [1.165, 1.54) is 6.92 Å². The highest BCUT2D eigenvalue weighted by atomic mass is 79.9. The van der Waals surface area contributed by atoms with Gasteiger partial charge in [0.2, 0.25) is 5.54 Å². The van der Waals surface area contributed by atoms with Gasteiger partial charge in [0, 0.05) is 0 Å². The van der Waals surface area contributed by atoms with Gasteiger partial charge in [-0.15, -0.1) is 0 Å². The Balaban J connectivity index is 4.94. The van der Waals surface area contributed by atoms with Crippen molar-refractivity contribution in [3.05, 3.63) is 0 Å². The fourth-order valence-corrected chi connectivity index (χ4v) is 1.37. The van der Waals surface area contributed by atoms with Gasteiger partial charge in [0.05, 0.1) is 0 Å². The lowest BCUT2D eigenvalue weighted by Gasteiger charge is -2.24. The zero-order chi connectivity index (χ0) is 12.3. The van der Waals surface area contributed by atoms with E-state index in [2.05, 4.69) is 36.9 Å². The van der Waals surface area contributed by atoms with Crippen molar-refractivity contribution in [2.45, 2.75) is 38.8 Å². The van der Waals surface area contributed by atoms with E-state index >= 15 is 0 Å². The van der Waals surface area contributed by atoms with Crippen LogP contribution in [-0.4, -0.2) is 20.6 Å². The SMILES string of the molecule is CC(C)(C)OC(=O)C(C)(C#N)N=C(Br)Br. The summed E-state index contributed by atoms with van der Waals surface area (Å²) in [7, 11) is 0. The number of esters is 1. The number of nitrogens with zero attached hydrogens (tertiary/aromatic N) is 2. The summed E-state index contributed by atoms with van der Waals surface area (Å²) in [6, 6.07) is 1.81. The molecule has 0 N–H and O–H groups in total. The summed E-state index contributed by atoms with van der Waals surface area (Å²) in [4.78, 5) is 15.5. The summed E-state index contributed by atoms with van der Waals surface area (Å²) in [5.41, 5.74) is -2.17. The fraction of sp³-hybridized carbons (Fsp3) is 0.667. The average molecular weight is 340 g/mol. The molecule has 0 heterocycles. The molecule has 0 fully saturated rings. The van der Waals surface area contributed by atoms with E-state index in [0.717, 1.165) is 0 Å². The van der Waals surface area contributed by atoms with Crippen molar-refractivity contribution in [2.24, 2.45) is 4.99 Å². The summed E-state index contributed by atoms with van der Waals surface area (Å²) >= 11 is 6.01. The Morgan fingerprint density at radius 3 is 2.07 bits per heavy atom. The number of hydrogen-bond acceptors (Lipinski definition) is 4. The summed E-state index contributed by atoms with van der Waals surface area (Å²) < 4.78 is 5.38. The molecule has 1 unspecified atom stereocenters. The Bertz CT molecular complexity index is 324. The van der Waals surface area contributed by atoms with E-state index in [-0.39, 0.29) is 0 Å². The zero-order valence-corrected chi connectivity index (χ0v) is 12.1. The molecular formula is C9H12Br2N2O2. The lowest BCUT2D eigenvalue weighted by atomic mass is 10.1. The molecule has 0 rings (SSSR count). The molecule has 0 saturated carbocycles. The first-order valence-corrected chi connectivity index (χ1v) is 5.75. The maximum Gasteiger partial charge on any atom is 0.349 e. The molecule has 4 nitrogen and oxygen atoms in total. The van der Waals surface area contributed by atoms with Crippen LogP contribution in [0.25, 0.3) is 0 Å². The predicted octanol–water partition coefficient (Wildman–Crippen LogP) is 2.76. The molecule has 1 atom stereocenters. The highest BCUT2D eigenvalue weighted by Gasteiger charge is 2.37. The van der Waals surface area contributed by atoms with Gasteiger partial charge in [-0.2, -0.15) is 5.26 Å². The van der Waals surface area contributed by atoms with Crippen LogP contribution in [0.4, 0.5) is 0 Å². The second-order valence-corrected chi connectivity index (χ2v) is 6.60. The lowest BCUT2D eigenvalue weighted by Crippen LogP contribution is -2.38. The molecule has 84 valence electrons. The summed E-state index contributed by atoms with van der Waals surface area (Å²) in [6.45, 7) is 6.59. The molecule has 15 heavy (non-hydrogen) atoms. The van der Waals surface area contributed by atoms with Gasteiger partial charge in [-0.05, 0) is 59.6 Å². The fourth-order valence-electron chi connectivity index (χ4n) is 0.663. The van der Waals surface area contributed by atoms with Crippen LogP contribution in [0.15, 0.2) is 4.99 Å². The minimum atomic E-state index is -1.53. The Labute approximate surface area is 106 Å². The quantitative estimate of drug-likeness (QED) is 0.574. The van der Waals surface area contributed by atoms with Crippen molar-refractivity contribution >= 4 is 41.4 Å². The van der Waals surface area contributed by atoms with Gasteiger partial charge < -0.3 is 4.74 Å². The van der Waals surface area contributed by atoms with E-state index in [9.17, 15) is 4.79 Å². The third kappa shape index (κ3) is 5.28. The predicted molar refractivity (Wildman–Crippen MR) is 65.2 cm³/mol. The molecule has 0 aliphatic heterocycles. The summed E-state index contributed by atoms with van der Waals surface area (Å²) in [6.07, 6.45) is 0. The highest BCUT2D eigenvalue weighted by molar-refractivity contribution is 9.39. The van der Waals surface area contributed by atoms with Crippen molar-refractivity contribution in [3.8, 4) is 6.07 Å². The molecule has 0 aliphatic carbocycles. The molecule has 0 spiro atoms. The zero-order valence-electron chi connectivity index (χ0n) is 8.97. The number of aliphatic imine (C=N–C) groups is 1. The smallest absolute Gasteiger partial charge is 0.349 e. The Hall–Kier alpha value is -0.410. The Morgan fingerprint density at radius 1 is 1.33 bits per heavy atom. The molecule has 0 saturated heterocycles. The number of hydrogen-bond donors (Lipinski definition) is 0. The second kappa shape index (κ2) is 5.08. The molecule has 0 aromatic carbocycles. The Morgan fingerprint density at radius 2 is 1.80 bits per heavy atom. The van der Waals surface area contributed by atoms with Crippen LogP contribution in [0.5, 0.6) is 0 Å². The van der Waals surface area contributed by atoms with Gasteiger partial charge >= 0.3 is 5.97 Å². The van der Waals surface area contributed by atoms with Crippen LogP contribution < -0.4 is 0 Å². The minimum absolute atomic E-state index is 0.296. The van der Waals surface area contributed by atoms with E-state index in [0.29, 0.717) is 3.53 Å². The molecular weight excluding hydrogens is 328 g/mol. The van der Waals surface area contributed by atoms with E-state index < -0.39 is 17.1 Å². The summed E-state index contributed by atoms with van der Waals surface area (Å²) in [5, 5.41) is 8.90. The van der Waals surface area contributed by atoms with Gasteiger partial charge in [-0.1, -0.05) is 0 Å². The van der Waals surface area contributed by atoms with Crippen LogP contribution in [0.3, 0.4) is 0 Å². The molecule has 0 aliphatic rings. The third-order valence-corrected chi connectivity index (χ3v) is 1.68. The monoisotopic (exact) mass is 338 g/mol. The maximum absolute atomic E-state index is 11.7. The average Bonchev–Trinajstić information content (AvgIpc) is 1.99. The van der Waals surface area contributed by atoms with Crippen molar-refractivity contribution in [1.29, 1.82) is 5.26 Å². The van der Waals surface area contributed by atoms with Crippen LogP contribution in [0.1, 0.15) is 27.7 Å². The van der Waals surface area contributed by atoms with E-state index in [4.69, 9.17) is 10.00 Å². The van der Waals surface area contributed by atoms with Gasteiger partial charge in [0.1, 0.15) is 15.2 Å². The van der Waals surface area contributed by atoms with Crippen LogP contribution in [0.2, 0.25) is 0 Å². The second-order valence-electron chi connectivity index (χ2n) is 4.04. The molecule has 0 aromatic heterocycles. The van der Waals surface area contributed by atoms with Gasteiger partial charge in [0.25, 0.3) is 0 Å². The van der Waals surface area contributed by atoms with Gasteiger partial charge in [-0.25, -0.2) is 9.79 Å². The number of rotatable bonds is 2. The van der Waals surface area contributed by atoms with Crippen LogP contribution in [-0.2, 0) is 9.53 Å². The van der Waals surface area contributed by atoms with Gasteiger partial charge in [-0.3, -0.25) is 0 Å². The normalized spacial score (nSPS) is 14.7. The van der Waals surface area contributed by atoms with Gasteiger partial charge in [0.15, 0.2) is 0 Å². The maximum atomic E-state index is 11.7. The summed E-state index contributed by atoms with van der Waals surface area (Å²) in [5.74, 6) is -0.672. The number of halogens is 2. The van der Waals surface area contributed by atoms with Crippen molar-refractivity contribution in [1.82, 2.24) is 0 Å². The van der Waals surface area contributed by atoms with Crippen molar-refractivity contribution in [2.75, 3.05) is 0 Å². The molecule has 6 heteroatoms. The third-order valence-electron chi connectivity index (χ3n) is 1.32. The number of ether oxygens (including phenoxy) is 1. The molecule has 0 radical (unpaired) electrons. The lowest BCUT2D eigenvalue weighted by molar-refractivity contribution is -0.158. The number of carbonyl (C=O) groups is 1. The molecule has 0 aromatic rings. The Kier molecular flexibility index (Phi) is 4.94. The topological polar surface area (TPSA) is 62.5 Å². The van der Waals surface area contributed by atoms with Crippen molar-refractivity contribution in [3.63, 3.8) is 0 Å². The molecule has 0 bridgehead atoms. The standard InChI is InChI=1S/C9H12Br2N2O2/c1-8(2,3)15-6(14)9(4,5-12)13-7(10)11/h1-4H3. The van der Waals surface area contributed by atoms with Crippen molar-refractivity contribution < 1.29 is 9.53 Å². The first kappa shape index (κ1) is 14.6. The number of carbonyl (C=O) groups excluding carboxylic acids is 1.